The minimum atomic E-state index is -0.558. The number of aromatic hydroxyl groups is 1. The van der Waals surface area contributed by atoms with Crippen LogP contribution in [-0.4, -0.2) is 48.4 Å². The van der Waals surface area contributed by atoms with Gasteiger partial charge in [-0.3, -0.25) is 5.32 Å². The van der Waals surface area contributed by atoms with E-state index in [2.05, 4.69) is 39.8 Å². The Balaban J connectivity index is 0.993. The number of halogens is 1. The summed E-state index contributed by atoms with van der Waals surface area (Å²) < 4.78 is 19.7. The molecule has 1 fully saturated rings. The largest absolute Gasteiger partial charge is 0.505 e. The Morgan fingerprint density at radius 1 is 0.857 bits per heavy atom. The van der Waals surface area contributed by atoms with E-state index in [0.717, 1.165) is 68.7 Å². The Hall–Kier alpha value is -4.20. The van der Waals surface area contributed by atoms with E-state index >= 15 is 0 Å². The van der Waals surface area contributed by atoms with Gasteiger partial charge < -0.3 is 20.1 Å². The van der Waals surface area contributed by atoms with Crippen LogP contribution in [0.2, 0.25) is 0 Å². The molecule has 1 aliphatic rings. The Morgan fingerprint density at radius 2 is 1.55 bits per heavy atom. The van der Waals surface area contributed by atoms with E-state index in [4.69, 9.17) is 4.74 Å². The summed E-state index contributed by atoms with van der Waals surface area (Å²) in [5.74, 6) is -0.871. The van der Waals surface area contributed by atoms with Gasteiger partial charge in [-0.1, -0.05) is 84.9 Å². The number of nitrogens with zero attached hydrogens (tertiary/aromatic N) is 1. The number of ether oxygens (including phenoxy) is 1. The van der Waals surface area contributed by atoms with Gasteiger partial charge in [0.15, 0.2) is 11.6 Å². The van der Waals surface area contributed by atoms with Crippen molar-refractivity contribution in [3.63, 3.8) is 0 Å². The van der Waals surface area contributed by atoms with Crippen molar-refractivity contribution >= 4 is 11.8 Å². The fraction of sp³-hybridized carbons (Fsp3) is 0.286. The lowest BCUT2D eigenvalue weighted by Crippen LogP contribution is -2.39. The average molecular weight is 568 g/mol. The number of carbonyl (C=O) groups excluding carboxylic acids is 1. The lowest BCUT2D eigenvalue weighted by Gasteiger charge is -2.31. The predicted octanol–water partition coefficient (Wildman–Crippen LogP) is 6.79. The summed E-state index contributed by atoms with van der Waals surface area (Å²) in [6.45, 7) is 3.89. The number of phenols is 1. The van der Waals surface area contributed by atoms with Crippen molar-refractivity contribution in [2.75, 3.05) is 31.5 Å². The quantitative estimate of drug-likeness (QED) is 0.174. The molecule has 0 aromatic heterocycles. The number of carbonyl (C=O) groups is 1. The van der Waals surface area contributed by atoms with Gasteiger partial charge in [-0.2, -0.15) is 0 Å². The Kier molecular flexibility index (Phi) is 10.2. The number of anilines is 1. The van der Waals surface area contributed by atoms with Crippen LogP contribution in [0.4, 0.5) is 14.9 Å². The number of hydrogen-bond acceptors (Lipinski definition) is 5. The minimum Gasteiger partial charge on any atom is -0.505 e. The van der Waals surface area contributed by atoms with Crippen molar-refractivity contribution in [3.8, 4) is 16.9 Å². The van der Waals surface area contributed by atoms with Crippen molar-refractivity contribution in [2.24, 2.45) is 0 Å². The minimum absolute atomic E-state index is 0.0814. The molecule has 218 valence electrons. The van der Waals surface area contributed by atoms with Crippen LogP contribution >= 0.6 is 0 Å². The molecule has 7 heteroatoms. The van der Waals surface area contributed by atoms with E-state index < -0.39 is 11.9 Å². The monoisotopic (exact) mass is 567 g/mol. The van der Waals surface area contributed by atoms with Crippen LogP contribution < -0.4 is 10.6 Å². The summed E-state index contributed by atoms with van der Waals surface area (Å²) in [6, 6.07) is 31.1. The Labute approximate surface area is 247 Å². The second-order valence-corrected chi connectivity index (χ2v) is 10.7. The van der Waals surface area contributed by atoms with Crippen LogP contribution in [0, 0.1) is 5.82 Å². The maximum absolute atomic E-state index is 13.9. The predicted molar refractivity (Wildman–Crippen MR) is 165 cm³/mol. The fourth-order valence-corrected chi connectivity index (χ4v) is 5.32. The normalized spacial score (nSPS) is 14.0. The summed E-state index contributed by atoms with van der Waals surface area (Å²) in [5.41, 5.74) is 5.75. The highest BCUT2D eigenvalue weighted by Gasteiger charge is 2.22. The molecule has 0 bridgehead atoms. The highest BCUT2D eigenvalue weighted by molar-refractivity contribution is 5.91. The summed E-state index contributed by atoms with van der Waals surface area (Å²) in [7, 11) is 0. The second-order valence-electron chi connectivity index (χ2n) is 10.7. The van der Waals surface area contributed by atoms with E-state index in [0.29, 0.717) is 12.1 Å². The third kappa shape index (κ3) is 8.18. The van der Waals surface area contributed by atoms with Gasteiger partial charge in [-0.15, -0.1) is 0 Å². The van der Waals surface area contributed by atoms with Crippen LogP contribution in [-0.2, 0) is 24.1 Å². The molecule has 5 rings (SSSR count). The summed E-state index contributed by atoms with van der Waals surface area (Å²) >= 11 is 0. The van der Waals surface area contributed by atoms with Gasteiger partial charge in [0.25, 0.3) is 0 Å². The van der Waals surface area contributed by atoms with E-state index in [-0.39, 0.29) is 11.9 Å². The van der Waals surface area contributed by atoms with Crippen molar-refractivity contribution in [1.29, 1.82) is 0 Å². The van der Waals surface area contributed by atoms with Gasteiger partial charge >= 0.3 is 6.09 Å². The number of likely N-dealkylation sites (tertiary alicyclic amines) is 1. The van der Waals surface area contributed by atoms with Crippen LogP contribution in [0.15, 0.2) is 97.1 Å². The lowest BCUT2D eigenvalue weighted by molar-refractivity contribution is 0.0593. The number of para-hydroxylation sites is 1. The summed E-state index contributed by atoms with van der Waals surface area (Å²) in [4.78, 5) is 15.1. The molecule has 0 unspecified atom stereocenters. The van der Waals surface area contributed by atoms with Gasteiger partial charge in [-0.25, -0.2) is 9.18 Å². The maximum atomic E-state index is 13.9. The summed E-state index contributed by atoms with van der Waals surface area (Å²) in [6.07, 6.45) is 2.98. The molecule has 42 heavy (non-hydrogen) atoms. The van der Waals surface area contributed by atoms with E-state index in [9.17, 15) is 14.3 Å². The molecule has 1 amide bonds. The van der Waals surface area contributed by atoms with Crippen molar-refractivity contribution in [3.05, 3.63) is 120 Å². The van der Waals surface area contributed by atoms with E-state index in [1.54, 1.807) is 12.1 Å². The molecular weight excluding hydrogens is 529 g/mol. The van der Waals surface area contributed by atoms with Crippen LogP contribution in [0.5, 0.6) is 5.75 Å². The van der Waals surface area contributed by atoms with Crippen LogP contribution in [0.1, 0.15) is 29.5 Å². The molecule has 6 nitrogen and oxygen atoms in total. The molecule has 1 saturated heterocycles. The maximum Gasteiger partial charge on any atom is 0.411 e. The molecule has 3 N–H and O–H groups in total. The first kappa shape index (κ1) is 29.3. The lowest BCUT2D eigenvalue weighted by atomic mass is 10.0. The van der Waals surface area contributed by atoms with Crippen LogP contribution in [0.25, 0.3) is 11.1 Å². The third-order valence-electron chi connectivity index (χ3n) is 7.76. The zero-order valence-corrected chi connectivity index (χ0v) is 23.8. The van der Waals surface area contributed by atoms with Crippen LogP contribution in [0.3, 0.4) is 0 Å². The second kappa shape index (κ2) is 14.6. The molecular formula is C35H38FN3O3. The number of piperidine rings is 1. The van der Waals surface area contributed by atoms with Gasteiger partial charge in [0.1, 0.15) is 6.10 Å². The molecule has 0 spiro atoms. The molecule has 0 aliphatic carbocycles. The SMILES string of the molecule is O=C(Nc1ccccc1-c1ccccc1)OC1CCN(CCc2ccc(CCNCc3cccc(O)c3F)cc2)CC1. The number of rotatable bonds is 11. The van der Waals surface area contributed by atoms with Crippen molar-refractivity contribution < 1.29 is 19.0 Å². The number of amides is 1. The molecule has 4 aromatic rings. The van der Waals surface area contributed by atoms with E-state index in [1.165, 1.54) is 17.2 Å². The number of hydrogen-bond donors (Lipinski definition) is 3. The van der Waals surface area contributed by atoms with Gasteiger partial charge in [0.05, 0.1) is 5.69 Å². The molecule has 1 heterocycles. The van der Waals surface area contributed by atoms with Gasteiger partial charge in [-0.05, 0) is 61.1 Å². The van der Waals surface area contributed by atoms with Gasteiger partial charge in [0, 0.05) is 37.3 Å². The standard InChI is InChI=1S/C35H38FN3O3/c36-34-29(9-6-12-33(34)40)25-37-21-17-26-13-15-27(16-14-26)18-22-39-23-19-30(20-24-39)42-35(41)38-32-11-5-4-10-31(32)28-7-2-1-3-8-28/h1-16,30,37,40H,17-25H2,(H,38,41). The topological polar surface area (TPSA) is 73.8 Å². The first-order valence-electron chi connectivity index (χ1n) is 14.6. The zero-order chi connectivity index (χ0) is 29.1. The molecule has 4 aromatic carbocycles. The van der Waals surface area contributed by atoms with Gasteiger partial charge in [0.2, 0.25) is 0 Å². The molecule has 0 radical (unpaired) electrons. The summed E-state index contributed by atoms with van der Waals surface area (Å²) in [5, 5.41) is 15.7. The number of benzene rings is 4. The highest BCUT2D eigenvalue weighted by Crippen LogP contribution is 2.28. The number of phenolic OH excluding ortho intramolecular Hbond substituents is 1. The average Bonchev–Trinajstić information content (AvgIpc) is 3.02. The Morgan fingerprint density at radius 3 is 2.31 bits per heavy atom. The Bertz CT molecular complexity index is 1440. The first-order chi connectivity index (χ1) is 20.5. The number of nitrogens with one attached hydrogen (secondary N) is 2. The molecule has 0 atom stereocenters. The molecule has 0 saturated carbocycles. The third-order valence-corrected chi connectivity index (χ3v) is 7.76. The van der Waals surface area contributed by atoms with E-state index in [1.807, 2.05) is 54.6 Å². The van der Waals surface area contributed by atoms with Crippen molar-refractivity contribution in [2.45, 2.75) is 38.3 Å². The fourth-order valence-electron chi connectivity index (χ4n) is 5.32. The smallest absolute Gasteiger partial charge is 0.411 e. The first-order valence-corrected chi connectivity index (χ1v) is 14.6. The molecule has 1 aliphatic heterocycles. The highest BCUT2D eigenvalue weighted by atomic mass is 19.1. The zero-order valence-electron chi connectivity index (χ0n) is 23.8. The van der Waals surface area contributed by atoms with Crippen molar-refractivity contribution in [1.82, 2.24) is 10.2 Å².